The van der Waals surface area contributed by atoms with Crippen molar-refractivity contribution in [3.8, 4) is 26.8 Å². The Labute approximate surface area is 180 Å². The van der Waals surface area contributed by atoms with Gasteiger partial charge in [-0.1, -0.05) is 65.9 Å². The van der Waals surface area contributed by atoms with Gasteiger partial charge in [-0.2, -0.15) is 5.10 Å². The predicted molar refractivity (Wildman–Crippen MR) is 120 cm³/mol. The van der Waals surface area contributed by atoms with Crippen molar-refractivity contribution in [1.82, 2.24) is 20.0 Å². The lowest BCUT2D eigenvalue weighted by Gasteiger charge is -2.00. The summed E-state index contributed by atoms with van der Waals surface area (Å²) in [6.07, 6.45) is 1.75. The Balaban J connectivity index is 1.47. The van der Waals surface area contributed by atoms with Crippen LogP contribution in [0.4, 0.5) is 5.13 Å². The Hall–Kier alpha value is -3.62. The fourth-order valence-electron chi connectivity index (χ4n) is 2.98. The minimum atomic E-state index is -0.267. The molecule has 2 aromatic carbocycles. The number of aromatic nitrogens is 4. The molecule has 0 radical (unpaired) electrons. The zero-order chi connectivity index (χ0) is 20.3. The van der Waals surface area contributed by atoms with E-state index in [1.165, 1.54) is 11.3 Å². The molecular formula is C22H15N5OS2. The maximum Gasteiger partial charge on any atom is 0.261 e. The summed E-state index contributed by atoms with van der Waals surface area (Å²) in [6.45, 7) is 0. The zero-order valence-corrected chi connectivity index (χ0v) is 17.2. The van der Waals surface area contributed by atoms with Gasteiger partial charge in [-0.15, -0.1) is 21.5 Å². The molecule has 0 fully saturated rings. The van der Waals surface area contributed by atoms with Crippen molar-refractivity contribution < 1.29 is 4.79 Å². The molecule has 6 nitrogen and oxygen atoms in total. The zero-order valence-electron chi connectivity index (χ0n) is 15.6. The normalized spacial score (nSPS) is 10.8. The molecule has 3 aromatic heterocycles. The molecule has 1 N–H and O–H groups in total. The number of nitrogens with one attached hydrogen (secondary N) is 1. The number of hydrogen-bond donors (Lipinski definition) is 1. The molecule has 0 saturated carbocycles. The number of anilines is 1. The monoisotopic (exact) mass is 429 g/mol. The van der Waals surface area contributed by atoms with E-state index in [4.69, 9.17) is 0 Å². The summed E-state index contributed by atoms with van der Waals surface area (Å²) in [7, 11) is 0. The van der Waals surface area contributed by atoms with Crippen molar-refractivity contribution in [2.24, 2.45) is 0 Å². The number of carbonyl (C=O) groups excluding carboxylic acids is 1. The third-order valence-corrected chi connectivity index (χ3v) is 6.16. The Morgan fingerprint density at radius 3 is 2.40 bits per heavy atom. The first-order valence-corrected chi connectivity index (χ1v) is 10.9. The molecule has 0 saturated heterocycles. The number of carbonyl (C=O) groups is 1. The van der Waals surface area contributed by atoms with E-state index in [9.17, 15) is 4.79 Å². The summed E-state index contributed by atoms with van der Waals surface area (Å²) in [6, 6.07) is 23.4. The van der Waals surface area contributed by atoms with Crippen LogP contribution in [0.2, 0.25) is 0 Å². The van der Waals surface area contributed by atoms with E-state index in [1.807, 2.05) is 78.2 Å². The quantitative estimate of drug-likeness (QED) is 0.408. The van der Waals surface area contributed by atoms with Gasteiger partial charge < -0.3 is 0 Å². The molecule has 5 aromatic rings. The van der Waals surface area contributed by atoms with Gasteiger partial charge in [0.1, 0.15) is 10.7 Å². The highest BCUT2D eigenvalue weighted by atomic mass is 32.1. The van der Waals surface area contributed by atoms with Gasteiger partial charge in [-0.25, -0.2) is 4.68 Å². The molecule has 0 bridgehead atoms. The molecule has 0 aliphatic carbocycles. The number of thiophene rings is 1. The Morgan fingerprint density at radius 2 is 1.67 bits per heavy atom. The molecule has 30 heavy (non-hydrogen) atoms. The smallest absolute Gasteiger partial charge is 0.261 e. The van der Waals surface area contributed by atoms with Crippen molar-refractivity contribution in [1.29, 1.82) is 0 Å². The maximum atomic E-state index is 13.1. The summed E-state index contributed by atoms with van der Waals surface area (Å²) in [5.74, 6) is -0.267. The topological polar surface area (TPSA) is 72.7 Å². The highest BCUT2D eigenvalue weighted by molar-refractivity contribution is 7.18. The van der Waals surface area contributed by atoms with Gasteiger partial charge in [-0.05, 0) is 23.6 Å². The van der Waals surface area contributed by atoms with E-state index in [0.29, 0.717) is 16.4 Å². The fourth-order valence-corrected chi connectivity index (χ4v) is 4.45. The second-order valence-electron chi connectivity index (χ2n) is 6.38. The number of para-hydroxylation sites is 1. The van der Waals surface area contributed by atoms with E-state index >= 15 is 0 Å². The van der Waals surface area contributed by atoms with Crippen molar-refractivity contribution in [3.05, 3.63) is 89.9 Å². The summed E-state index contributed by atoms with van der Waals surface area (Å²) in [5, 5.41) is 19.0. The molecule has 0 aliphatic heterocycles. The largest absolute Gasteiger partial charge is 0.296 e. The minimum Gasteiger partial charge on any atom is -0.296 e. The van der Waals surface area contributed by atoms with Crippen LogP contribution in [-0.2, 0) is 0 Å². The number of hydrogen-bond acceptors (Lipinski definition) is 6. The number of rotatable bonds is 5. The second-order valence-corrected chi connectivity index (χ2v) is 8.31. The molecule has 1 amide bonds. The molecule has 146 valence electrons. The summed E-state index contributed by atoms with van der Waals surface area (Å²) in [4.78, 5) is 14.0. The highest BCUT2D eigenvalue weighted by Crippen LogP contribution is 2.30. The third kappa shape index (κ3) is 3.66. The van der Waals surface area contributed by atoms with Crippen LogP contribution < -0.4 is 5.32 Å². The van der Waals surface area contributed by atoms with Crippen molar-refractivity contribution in [3.63, 3.8) is 0 Å². The van der Waals surface area contributed by atoms with Crippen LogP contribution in [0.25, 0.3) is 26.8 Å². The molecule has 0 aliphatic rings. The SMILES string of the molecule is O=C(Nc1nnc(-c2ccccc2)s1)c1cn(-c2ccccc2)nc1-c1cccs1. The molecule has 8 heteroatoms. The minimum absolute atomic E-state index is 0.267. The molecule has 5 rings (SSSR count). The predicted octanol–water partition coefficient (Wildman–Crippen LogP) is 5.37. The standard InChI is InChI=1S/C22H15N5OS2/c28-20(23-22-25-24-21(30-22)15-8-3-1-4-9-15)17-14-27(16-10-5-2-6-11-16)26-19(17)18-12-7-13-29-18/h1-14H,(H,23,25,28). The first kappa shape index (κ1) is 18.4. The molecule has 3 heterocycles. The van der Waals surface area contributed by atoms with Gasteiger partial charge in [0.2, 0.25) is 5.13 Å². The van der Waals surface area contributed by atoms with Crippen LogP contribution in [0, 0.1) is 0 Å². The lowest BCUT2D eigenvalue weighted by atomic mass is 10.2. The van der Waals surface area contributed by atoms with Crippen LogP contribution in [-0.4, -0.2) is 25.9 Å². The first-order chi connectivity index (χ1) is 14.8. The molecular weight excluding hydrogens is 414 g/mol. The van der Waals surface area contributed by atoms with Crippen LogP contribution in [0.15, 0.2) is 84.4 Å². The van der Waals surface area contributed by atoms with E-state index in [2.05, 4.69) is 20.6 Å². The van der Waals surface area contributed by atoms with Gasteiger partial charge in [0.05, 0.1) is 16.1 Å². The Kier molecular flexibility index (Phi) is 4.92. The van der Waals surface area contributed by atoms with Gasteiger partial charge in [0, 0.05) is 11.8 Å². The van der Waals surface area contributed by atoms with Gasteiger partial charge in [-0.3, -0.25) is 10.1 Å². The van der Waals surface area contributed by atoms with Crippen LogP contribution in [0.3, 0.4) is 0 Å². The molecule has 0 atom stereocenters. The third-order valence-electron chi connectivity index (χ3n) is 4.40. The van der Waals surface area contributed by atoms with Gasteiger partial charge in [0.25, 0.3) is 5.91 Å². The van der Waals surface area contributed by atoms with Crippen LogP contribution in [0.5, 0.6) is 0 Å². The average molecular weight is 430 g/mol. The maximum absolute atomic E-state index is 13.1. The molecule has 0 unspecified atom stereocenters. The lowest BCUT2D eigenvalue weighted by Crippen LogP contribution is -2.12. The first-order valence-electron chi connectivity index (χ1n) is 9.17. The summed E-state index contributed by atoms with van der Waals surface area (Å²) < 4.78 is 1.72. The Morgan fingerprint density at radius 1 is 0.900 bits per heavy atom. The van der Waals surface area contributed by atoms with Crippen molar-refractivity contribution >= 4 is 33.7 Å². The van der Waals surface area contributed by atoms with E-state index in [1.54, 1.807) is 22.2 Å². The van der Waals surface area contributed by atoms with Crippen LogP contribution in [0.1, 0.15) is 10.4 Å². The molecule has 0 spiro atoms. The summed E-state index contributed by atoms with van der Waals surface area (Å²) in [5.41, 5.74) is 2.97. The van der Waals surface area contributed by atoms with E-state index in [0.717, 1.165) is 21.1 Å². The van der Waals surface area contributed by atoms with E-state index < -0.39 is 0 Å². The Bertz CT molecular complexity index is 1280. The number of nitrogens with zero attached hydrogens (tertiary/aromatic N) is 4. The summed E-state index contributed by atoms with van der Waals surface area (Å²) >= 11 is 2.88. The number of benzene rings is 2. The number of amides is 1. The van der Waals surface area contributed by atoms with Crippen molar-refractivity contribution in [2.45, 2.75) is 0 Å². The van der Waals surface area contributed by atoms with Gasteiger partial charge in [0.15, 0.2) is 0 Å². The van der Waals surface area contributed by atoms with Gasteiger partial charge >= 0.3 is 0 Å². The fraction of sp³-hybridized carbons (Fsp3) is 0. The highest BCUT2D eigenvalue weighted by Gasteiger charge is 2.21. The van der Waals surface area contributed by atoms with Crippen LogP contribution >= 0.6 is 22.7 Å². The van der Waals surface area contributed by atoms with Crippen molar-refractivity contribution in [2.75, 3.05) is 5.32 Å². The lowest BCUT2D eigenvalue weighted by molar-refractivity contribution is 0.102. The average Bonchev–Trinajstić information content (AvgIpc) is 3.55. The second kappa shape index (κ2) is 8.02. The van der Waals surface area contributed by atoms with E-state index in [-0.39, 0.29) is 5.91 Å².